The number of nitrogens with one attached hydrogen (secondary N) is 1. The Balaban J connectivity index is 1.67. The Morgan fingerprint density at radius 2 is 1.88 bits per heavy atom. The molecular formula is C20H27N3O3. The minimum atomic E-state index is -0.0221. The molecule has 1 saturated heterocycles. The Bertz CT molecular complexity index is 746. The first-order chi connectivity index (χ1) is 12.6. The van der Waals surface area contributed by atoms with Crippen LogP contribution in [-0.4, -0.2) is 61.9 Å². The van der Waals surface area contributed by atoms with Gasteiger partial charge in [0.05, 0.1) is 25.9 Å². The van der Waals surface area contributed by atoms with Crippen LogP contribution in [-0.2, 0) is 4.74 Å². The monoisotopic (exact) mass is 357 g/mol. The van der Waals surface area contributed by atoms with Gasteiger partial charge in [-0.15, -0.1) is 0 Å². The maximum atomic E-state index is 12.6. The molecule has 1 aliphatic rings. The number of amides is 1. The first kappa shape index (κ1) is 18.5. The van der Waals surface area contributed by atoms with Crippen LogP contribution in [0.2, 0.25) is 0 Å². The summed E-state index contributed by atoms with van der Waals surface area (Å²) < 4.78 is 12.7. The van der Waals surface area contributed by atoms with Crippen LogP contribution < -0.4 is 10.1 Å². The molecule has 1 aromatic heterocycles. The van der Waals surface area contributed by atoms with Gasteiger partial charge in [0.2, 0.25) is 0 Å². The summed E-state index contributed by atoms with van der Waals surface area (Å²) >= 11 is 0. The summed E-state index contributed by atoms with van der Waals surface area (Å²) in [6, 6.07) is 9.80. The molecule has 0 unspecified atom stereocenters. The minimum absolute atomic E-state index is 0.0221. The van der Waals surface area contributed by atoms with E-state index in [-0.39, 0.29) is 5.91 Å². The van der Waals surface area contributed by atoms with Crippen molar-refractivity contribution in [2.75, 3.05) is 46.5 Å². The van der Waals surface area contributed by atoms with Crippen molar-refractivity contribution >= 4 is 5.91 Å². The molecule has 0 aliphatic carbocycles. The van der Waals surface area contributed by atoms with Crippen molar-refractivity contribution in [1.82, 2.24) is 14.8 Å². The highest BCUT2D eigenvalue weighted by atomic mass is 16.5. The number of morpholine rings is 1. The van der Waals surface area contributed by atoms with E-state index in [2.05, 4.69) is 14.8 Å². The fourth-order valence-electron chi connectivity index (χ4n) is 3.37. The molecule has 0 radical (unpaired) electrons. The average molecular weight is 357 g/mol. The molecule has 1 aromatic carbocycles. The third kappa shape index (κ3) is 4.08. The Labute approximate surface area is 154 Å². The molecule has 6 heteroatoms. The van der Waals surface area contributed by atoms with Crippen LogP contribution in [0.4, 0.5) is 0 Å². The molecule has 3 rings (SSSR count). The molecule has 0 spiro atoms. The second-order valence-corrected chi connectivity index (χ2v) is 6.53. The number of hydrogen-bond acceptors (Lipinski definition) is 4. The van der Waals surface area contributed by atoms with Gasteiger partial charge in [-0.25, -0.2) is 0 Å². The summed E-state index contributed by atoms with van der Waals surface area (Å²) in [5.41, 5.74) is 3.72. The highest BCUT2D eigenvalue weighted by Crippen LogP contribution is 2.22. The van der Waals surface area contributed by atoms with Crippen molar-refractivity contribution in [2.24, 2.45) is 0 Å². The summed E-state index contributed by atoms with van der Waals surface area (Å²) in [7, 11) is 1.65. The molecule has 2 heterocycles. The number of hydrogen-bond donors (Lipinski definition) is 1. The number of benzene rings is 1. The molecule has 6 nitrogen and oxygen atoms in total. The quantitative estimate of drug-likeness (QED) is 0.861. The van der Waals surface area contributed by atoms with E-state index in [4.69, 9.17) is 9.47 Å². The van der Waals surface area contributed by atoms with E-state index in [0.29, 0.717) is 6.54 Å². The van der Waals surface area contributed by atoms with Crippen LogP contribution in [0, 0.1) is 13.8 Å². The Morgan fingerprint density at radius 3 is 2.54 bits per heavy atom. The van der Waals surface area contributed by atoms with Crippen molar-refractivity contribution in [1.29, 1.82) is 0 Å². The van der Waals surface area contributed by atoms with E-state index in [1.807, 2.05) is 44.2 Å². The normalized spacial score (nSPS) is 15.0. The fourth-order valence-corrected chi connectivity index (χ4v) is 3.37. The standard InChI is InChI=1S/C20H27N3O3/c1-15-14-19(20(24)21-8-9-22-10-12-26-13-11-22)16(2)23(15)17-4-6-18(25-3)7-5-17/h4-7,14H,8-13H2,1-3H3,(H,21,24). The summed E-state index contributed by atoms with van der Waals surface area (Å²) in [4.78, 5) is 14.9. The van der Waals surface area contributed by atoms with Gasteiger partial charge in [-0.1, -0.05) is 0 Å². The van der Waals surface area contributed by atoms with Crippen molar-refractivity contribution in [2.45, 2.75) is 13.8 Å². The third-order valence-corrected chi connectivity index (χ3v) is 4.82. The molecule has 26 heavy (non-hydrogen) atoms. The van der Waals surface area contributed by atoms with Crippen molar-refractivity contribution < 1.29 is 14.3 Å². The maximum Gasteiger partial charge on any atom is 0.253 e. The summed E-state index contributed by atoms with van der Waals surface area (Å²) in [6.07, 6.45) is 0. The number of methoxy groups -OCH3 is 1. The lowest BCUT2D eigenvalue weighted by Crippen LogP contribution is -2.41. The van der Waals surface area contributed by atoms with Gasteiger partial charge in [0, 0.05) is 43.3 Å². The highest BCUT2D eigenvalue weighted by Gasteiger charge is 2.17. The second-order valence-electron chi connectivity index (χ2n) is 6.53. The Kier molecular flexibility index (Phi) is 5.96. The fraction of sp³-hybridized carbons (Fsp3) is 0.450. The van der Waals surface area contributed by atoms with Gasteiger partial charge in [-0.05, 0) is 44.2 Å². The maximum absolute atomic E-state index is 12.6. The van der Waals surface area contributed by atoms with E-state index in [1.54, 1.807) is 7.11 Å². The topological polar surface area (TPSA) is 55.7 Å². The van der Waals surface area contributed by atoms with Gasteiger partial charge in [0.25, 0.3) is 5.91 Å². The smallest absolute Gasteiger partial charge is 0.253 e. The average Bonchev–Trinajstić information content (AvgIpc) is 2.97. The Morgan fingerprint density at radius 1 is 1.19 bits per heavy atom. The number of carbonyl (C=O) groups excluding carboxylic acids is 1. The van der Waals surface area contributed by atoms with E-state index in [0.717, 1.165) is 61.2 Å². The molecule has 140 valence electrons. The lowest BCUT2D eigenvalue weighted by molar-refractivity contribution is 0.0383. The van der Waals surface area contributed by atoms with Gasteiger partial charge in [0.1, 0.15) is 5.75 Å². The molecule has 1 N–H and O–H groups in total. The lowest BCUT2D eigenvalue weighted by Gasteiger charge is -2.26. The van der Waals surface area contributed by atoms with Crippen LogP contribution in [0.25, 0.3) is 5.69 Å². The van der Waals surface area contributed by atoms with Crippen molar-refractivity contribution in [3.05, 3.63) is 47.3 Å². The van der Waals surface area contributed by atoms with Gasteiger partial charge >= 0.3 is 0 Å². The van der Waals surface area contributed by atoms with E-state index in [9.17, 15) is 4.79 Å². The molecule has 1 amide bonds. The number of nitrogens with zero attached hydrogens (tertiary/aromatic N) is 2. The van der Waals surface area contributed by atoms with Crippen LogP contribution >= 0.6 is 0 Å². The van der Waals surface area contributed by atoms with E-state index >= 15 is 0 Å². The lowest BCUT2D eigenvalue weighted by atomic mass is 10.2. The largest absolute Gasteiger partial charge is 0.497 e. The molecule has 0 bridgehead atoms. The third-order valence-electron chi connectivity index (χ3n) is 4.82. The van der Waals surface area contributed by atoms with Crippen LogP contribution in [0.3, 0.4) is 0 Å². The van der Waals surface area contributed by atoms with E-state index < -0.39 is 0 Å². The molecule has 0 atom stereocenters. The predicted octanol–water partition coefficient (Wildman–Crippen LogP) is 2.16. The van der Waals surface area contributed by atoms with Gasteiger partial charge in [-0.3, -0.25) is 9.69 Å². The van der Waals surface area contributed by atoms with Crippen LogP contribution in [0.5, 0.6) is 5.75 Å². The molecule has 1 fully saturated rings. The van der Waals surface area contributed by atoms with Gasteiger partial charge < -0.3 is 19.4 Å². The predicted molar refractivity (Wildman–Crippen MR) is 101 cm³/mol. The zero-order valence-corrected chi connectivity index (χ0v) is 15.7. The minimum Gasteiger partial charge on any atom is -0.497 e. The van der Waals surface area contributed by atoms with Crippen molar-refractivity contribution in [3.8, 4) is 11.4 Å². The number of rotatable bonds is 6. The SMILES string of the molecule is COc1ccc(-n2c(C)cc(C(=O)NCCN3CCOCC3)c2C)cc1. The first-order valence-corrected chi connectivity index (χ1v) is 9.02. The molecule has 2 aromatic rings. The summed E-state index contributed by atoms with van der Waals surface area (Å²) in [5.74, 6) is 0.795. The second kappa shape index (κ2) is 8.38. The molecule has 0 saturated carbocycles. The van der Waals surface area contributed by atoms with Crippen molar-refractivity contribution in [3.63, 3.8) is 0 Å². The number of aryl methyl sites for hydroxylation is 1. The first-order valence-electron chi connectivity index (χ1n) is 9.02. The zero-order valence-electron chi connectivity index (χ0n) is 15.7. The number of ether oxygens (including phenoxy) is 2. The van der Waals surface area contributed by atoms with Gasteiger partial charge in [-0.2, -0.15) is 0 Å². The van der Waals surface area contributed by atoms with Crippen LogP contribution in [0.1, 0.15) is 21.7 Å². The van der Waals surface area contributed by atoms with Gasteiger partial charge in [0.15, 0.2) is 0 Å². The van der Waals surface area contributed by atoms with E-state index in [1.165, 1.54) is 0 Å². The van der Waals surface area contributed by atoms with Crippen LogP contribution in [0.15, 0.2) is 30.3 Å². The molecular weight excluding hydrogens is 330 g/mol. The Hall–Kier alpha value is -2.31. The highest BCUT2D eigenvalue weighted by molar-refractivity contribution is 5.95. The number of aromatic nitrogens is 1. The summed E-state index contributed by atoms with van der Waals surface area (Å²) in [6.45, 7) is 8.91. The zero-order chi connectivity index (χ0) is 18.5. The number of carbonyl (C=O) groups is 1. The molecule has 1 aliphatic heterocycles. The summed E-state index contributed by atoms with van der Waals surface area (Å²) in [5, 5.41) is 3.04.